The largest absolute Gasteiger partial charge is 0.481 e. The summed E-state index contributed by atoms with van der Waals surface area (Å²) in [5.41, 5.74) is 3.69. The van der Waals surface area contributed by atoms with Gasteiger partial charge in [0.05, 0.1) is 7.11 Å². The Morgan fingerprint density at radius 2 is 1.96 bits per heavy atom. The van der Waals surface area contributed by atoms with Crippen LogP contribution in [-0.4, -0.2) is 29.8 Å². The zero-order valence-electron chi connectivity index (χ0n) is 13.7. The topological polar surface area (TPSA) is 62.7 Å². The molecule has 0 fully saturated rings. The van der Waals surface area contributed by atoms with E-state index in [-0.39, 0.29) is 0 Å². The highest BCUT2D eigenvalue weighted by Crippen LogP contribution is 2.22. The van der Waals surface area contributed by atoms with Gasteiger partial charge in [0.2, 0.25) is 5.88 Å². The summed E-state index contributed by atoms with van der Waals surface area (Å²) in [5, 5.41) is 9.46. The molecule has 23 heavy (non-hydrogen) atoms. The fraction of sp³-hybridized carbons (Fsp3) is 0.333. The molecule has 0 unspecified atom stereocenters. The van der Waals surface area contributed by atoms with E-state index in [1.165, 1.54) is 4.90 Å². The summed E-state index contributed by atoms with van der Waals surface area (Å²) in [5.74, 6) is 0.568. The molecule has 5 heteroatoms. The third-order valence-corrected chi connectivity index (χ3v) is 3.83. The van der Waals surface area contributed by atoms with Gasteiger partial charge in [-0.3, -0.25) is 4.90 Å². The van der Waals surface area contributed by atoms with E-state index in [0.717, 1.165) is 23.2 Å². The lowest BCUT2D eigenvalue weighted by molar-refractivity contribution is 0.202. The Kier molecular flexibility index (Phi) is 5.57. The van der Waals surface area contributed by atoms with E-state index in [0.29, 0.717) is 24.5 Å². The summed E-state index contributed by atoms with van der Waals surface area (Å²) < 4.78 is 5.35. The molecular formula is C18H22N2O3. The molecule has 2 aromatic rings. The van der Waals surface area contributed by atoms with E-state index in [1.807, 2.05) is 25.1 Å². The number of para-hydroxylation sites is 1. The second-order valence-corrected chi connectivity index (χ2v) is 5.27. The summed E-state index contributed by atoms with van der Waals surface area (Å²) in [7, 11) is 1.59. The maximum absolute atomic E-state index is 11.5. The highest BCUT2D eigenvalue weighted by atomic mass is 16.5. The van der Waals surface area contributed by atoms with Crippen LogP contribution in [-0.2, 0) is 12.8 Å². The second kappa shape index (κ2) is 7.63. The molecule has 0 radical (unpaired) electrons. The first kappa shape index (κ1) is 16.8. The number of carbonyl (C=O) groups is 1. The Hall–Kier alpha value is -2.56. The first-order valence-electron chi connectivity index (χ1n) is 7.65. The van der Waals surface area contributed by atoms with Crippen LogP contribution in [0, 0.1) is 6.92 Å². The van der Waals surface area contributed by atoms with Gasteiger partial charge in [-0.25, -0.2) is 9.78 Å². The summed E-state index contributed by atoms with van der Waals surface area (Å²) in [6.07, 6.45) is 0.466. The molecule has 0 aliphatic rings. The van der Waals surface area contributed by atoms with Crippen LogP contribution in [0.15, 0.2) is 36.4 Å². The molecule has 0 spiro atoms. The maximum Gasteiger partial charge on any atom is 0.411 e. The number of benzene rings is 1. The number of aromatic nitrogens is 1. The molecule has 1 aromatic carbocycles. The molecule has 1 N–H and O–H groups in total. The lowest BCUT2D eigenvalue weighted by Crippen LogP contribution is -2.31. The highest BCUT2D eigenvalue weighted by molar-refractivity contribution is 5.85. The minimum atomic E-state index is -0.967. The van der Waals surface area contributed by atoms with Gasteiger partial charge in [-0.2, -0.15) is 0 Å². The molecule has 1 heterocycles. The number of aryl methyl sites for hydroxylation is 2. The van der Waals surface area contributed by atoms with Crippen molar-refractivity contribution in [1.29, 1.82) is 0 Å². The molecule has 122 valence electrons. The third kappa shape index (κ3) is 4.00. The van der Waals surface area contributed by atoms with Gasteiger partial charge in [-0.05, 0) is 43.5 Å². The first-order chi connectivity index (χ1) is 11.1. The zero-order valence-corrected chi connectivity index (χ0v) is 13.7. The van der Waals surface area contributed by atoms with E-state index in [1.54, 1.807) is 19.2 Å². The Bertz CT molecular complexity index is 671. The number of hydrogen-bond donors (Lipinski definition) is 1. The SMILES string of the molecule is CCc1cc(CCN(C(=O)O)c2ccccc2)c(OC)nc1C. The molecule has 0 aliphatic carbocycles. The molecular weight excluding hydrogens is 292 g/mol. The monoisotopic (exact) mass is 314 g/mol. The molecule has 0 atom stereocenters. The smallest absolute Gasteiger partial charge is 0.411 e. The Balaban J connectivity index is 2.22. The average molecular weight is 314 g/mol. The Morgan fingerprint density at radius 1 is 1.26 bits per heavy atom. The average Bonchev–Trinajstić information content (AvgIpc) is 2.56. The number of rotatable bonds is 6. The fourth-order valence-corrected chi connectivity index (χ4v) is 2.56. The quantitative estimate of drug-likeness (QED) is 0.883. The van der Waals surface area contributed by atoms with Crippen LogP contribution >= 0.6 is 0 Å². The van der Waals surface area contributed by atoms with Gasteiger partial charge in [-0.1, -0.05) is 25.1 Å². The third-order valence-electron chi connectivity index (χ3n) is 3.83. The van der Waals surface area contributed by atoms with Gasteiger partial charge in [0.1, 0.15) is 0 Å². The molecule has 0 saturated heterocycles. The van der Waals surface area contributed by atoms with Crippen LogP contribution in [0.3, 0.4) is 0 Å². The molecule has 0 aliphatic heterocycles. The van der Waals surface area contributed by atoms with Gasteiger partial charge in [0.25, 0.3) is 0 Å². The number of amides is 1. The minimum Gasteiger partial charge on any atom is -0.481 e. The van der Waals surface area contributed by atoms with Crippen LogP contribution in [0.2, 0.25) is 0 Å². The van der Waals surface area contributed by atoms with Crippen LogP contribution < -0.4 is 9.64 Å². The van der Waals surface area contributed by atoms with Gasteiger partial charge in [0.15, 0.2) is 0 Å². The fourth-order valence-electron chi connectivity index (χ4n) is 2.56. The lowest BCUT2D eigenvalue weighted by atomic mass is 10.1. The highest BCUT2D eigenvalue weighted by Gasteiger charge is 2.16. The second-order valence-electron chi connectivity index (χ2n) is 5.27. The number of ether oxygens (including phenoxy) is 1. The van der Waals surface area contributed by atoms with Crippen molar-refractivity contribution in [3.8, 4) is 5.88 Å². The predicted molar refractivity (Wildman–Crippen MR) is 90.4 cm³/mol. The number of methoxy groups -OCH3 is 1. The van der Waals surface area contributed by atoms with Crippen molar-refractivity contribution in [2.24, 2.45) is 0 Å². The van der Waals surface area contributed by atoms with E-state index in [2.05, 4.69) is 18.0 Å². The van der Waals surface area contributed by atoms with E-state index in [4.69, 9.17) is 4.74 Å². The number of carboxylic acid groups (broad SMARTS) is 1. The molecule has 1 aromatic heterocycles. The van der Waals surface area contributed by atoms with Crippen LogP contribution in [0.25, 0.3) is 0 Å². The summed E-state index contributed by atoms with van der Waals surface area (Å²) in [6, 6.07) is 11.2. The number of nitrogens with zero attached hydrogens (tertiary/aromatic N) is 2. The minimum absolute atomic E-state index is 0.351. The van der Waals surface area contributed by atoms with Crippen molar-refractivity contribution in [2.45, 2.75) is 26.7 Å². The lowest BCUT2D eigenvalue weighted by Gasteiger charge is -2.20. The van der Waals surface area contributed by atoms with Crippen molar-refractivity contribution in [2.75, 3.05) is 18.6 Å². The molecule has 5 nitrogen and oxygen atoms in total. The number of hydrogen-bond acceptors (Lipinski definition) is 3. The van der Waals surface area contributed by atoms with Crippen molar-refractivity contribution < 1.29 is 14.6 Å². The number of pyridine rings is 1. The van der Waals surface area contributed by atoms with Gasteiger partial charge in [-0.15, -0.1) is 0 Å². The van der Waals surface area contributed by atoms with Gasteiger partial charge in [0, 0.05) is 23.5 Å². The molecule has 0 saturated carbocycles. The number of anilines is 1. The van der Waals surface area contributed by atoms with Crippen molar-refractivity contribution in [3.05, 3.63) is 53.2 Å². The van der Waals surface area contributed by atoms with Crippen LogP contribution in [0.5, 0.6) is 5.88 Å². The van der Waals surface area contributed by atoms with Crippen molar-refractivity contribution >= 4 is 11.8 Å². The van der Waals surface area contributed by atoms with E-state index >= 15 is 0 Å². The summed E-state index contributed by atoms with van der Waals surface area (Å²) in [6.45, 7) is 4.38. The van der Waals surface area contributed by atoms with Gasteiger partial charge < -0.3 is 9.84 Å². The maximum atomic E-state index is 11.5. The standard InChI is InChI=1S/C18H22N2O3/c1-4-14-12-15(17(23-3)19-13(14)2)10-11-20(18(21)22)16-8-6-5-7-9-16/h5-9,12H,4,10-11H2,1-3H3,(H,21,22). The van der Waals surface area contributed by atoms with Crippen molar-refractivity contribution in [3.63, 3.8) is 0 Å². The molecule has 0 bridgehead atoms. The predicted octanol–water partition coefficient (Wildman–Crippen LogP) is 3.69. The summed E-state index contributed by atoms with van der Waals surface area (Å²) in [4.78, 5) is 17.3. The normalized spacial score (nSPS) is 10.4. The zero-order chi connectivity index (χ0) is 16.8. The Labute approximate surface area is 136 Å². The van der Waals surface area contributed by atoms with E-state index < -0.39 is 6.09 Å². The first-order valence-corrected chi connectivity index (χ1v) is 7.65. The van der Waals surface area contributed by atoms with Gasteiger partial charge >= 0.3 is 6.09 Å². The molecule has 1 amide bonds. The van der Waals surface area contributed by atoms with Crippen molar-refractivity contribution in [1.82, 2.24) is 4.98 Å². The Morgan fingerprint density at radius 3 is 2.52 bits per heavy atom. The van der Waals surface area contributed by atoms with Crippen LogP contribution in [0.4, 0.5) is 10.5 Å². The van der Waals surface area contributed by atoms with E-state index in [9.17, 15) is 9.90 Å². The van der Waals surface area contributed by atoms with Crippen LogP contribution in [0.1, 0.15) is 23.7 Å². The molecule has 2 rings (SSSR count). The summed E-state index contributed by atoms with van der Waals surface area (Å²) >= 11 is 0.